The van der Waals surface area contributed by atoms with Gasteiger partial charge in [-0.1, -0.05) is 25.1 Å². The smallest absolute Gasteiger partial charge is 0.224 e. The lowest BCUT2D eigenvalue weighted by Crippen LogP contribution is -2.38. The SMILES string of the molecule is CCN1CCC(CNC(=O)Cc2cn(C)c3ccccc23)CC1. The predicted molar refractivity (Wildman–Crippen MR) is 94.5 cm³/mol. The number of rotatable bonds is 5. The molecule has 2 heterocycles. The molecule has 1 N–H and O–H groups in total. The summed E-state index contributed by atoms with van der Waals surface area (Å²) in [7, 11) is 2.03. The molecule has 3 rings (SSSR count). The molecule has 2 aromatic rings. The van der Waals surface area contributed by atoms with Crippen molar-refractivity contribution in [1.82, 2.24) is 14.8 Å². The molecule has 0 aliphatic carbocycles. The molecule has 1 saturated heterocycles. The van der Waals surface area contributed by atoms with E-state index in [9.17, 15) is 4.79 Å². The molecule has 0 unspecified atom stereocenters. The Balaban J connectivity index is 1.53. The van der Waals surface area contributed by atoms with Crippen molar-refractivity contribution in [2.24, 2.45) is 13.0 Å². The second-order valence-corrected chi connectivity index (χ2v) is 6.64. The van der Waals surface area contributed by atoms with E-state index in [1.165, 1.54) is 36.8 Å². The normalized spacial score (nSPS) is 16.8. The third-order valence-corrected chi connectivity index (χ3v) is 5.07. The fourth-order valence-electron chi connectivity index (χ4n) is 3.57. The highest BCUT2D eigenvalue weighted by Gasteiger charge is 2.19. The summed E-state index contributed by atoms with van der Waals surface area (Å²) in [4.78, 5) is 14.8. The maximum Gasteiger partial charge on any atom is 0.224 e. The van der Waals surface area contributed by atoms with Gasteiger partial charge in [0.15, 0.2) is 0 Å². The third-order valence-electron chi connectivity index (χ3n) is 5.07. The van der Waals surface area contributed by atoms with E-state index < -0.39 is 0 Å². The van der Waals surface area contributed by atoms with Crippen LogP contribution in [0.3, 0.4) is 0 Å². The number of likely N-dealkylation sites (tertiary alicyclic amines) is 1. The Labute approximate surface area is 138 Å². The number of nitrogens with zero attached hydrogens (tertiary/aromatic N) is 2. The van der Waals surface area contributed by atoms with Crippen molar-refractivity contribution in [1.29, 1.82) is 0 Å². The van der Waals surface area contributed by atoms with Crippen molar-refractivity contribution in [3.63, 3.8) is 0 Å². The third kappa shape index (κ3) is 3.75. The minimum atomic E-state index is 0.138. The number of amides is 1. The number of para-hydroxylation sites is 1. The number of carbonyl (C=O) groups excluding carboxylic acids is 1. The number of fused-ring (bicyclic) bond motifs is 1. The molecule has 124 valence electrons. The van der Waals surface area contributed by atoms with E-state index >= 15 is 0 Å². The van der Waals surface area contributed by atoms with E-state index in [0.29, 0.717) is 12.3 Å². The van der Waals surface area contributed by atoms with E-state index in [1.54, 1.807) is 0 Å². The summed E-state index contributed by atoms with van der Waals surface area (Å²) in [6.07, 6.45) is 4.93. The van der Waals surface area contributed by atoms with Crippen molar-refractivity contribution >= 4 is 16.8 Å². The minimum Gasteiger partial charge on any atom is -0.356 e. The molecule has 0 spiro atoms. The molecular weight excluding hydrogens is 286 g/mol. The number of hydrogen-bond acceptors (Lipinski definition) is 2. The Bertz CT molecular complexity index is 668. The highest BCUT2D eigenvalue weighted by atomic mass is 16.1. The number of piperidine rings is 1. The fraction of sp³-hybridized carbons (Fsp3) is 0.526. The Hall–Kier alpha value is -1.81. The lowest BCUT2D eigenvalue weighted by atomic mass is 9.97. The van der Waals surface area contributed by atoms with Gasteiger partial charge in [-0.15, -0.1) is 0 Å². The van der Waals surface area contributed by atoms with Crippen molar-refractivity contribution < 1.29 is 4.79 Å². The van der Waals surface area contributed by atoms with Gasteiger partial charge in [0.05, 0.1) is 6.42 Å². The summed E-state index contributed by atoms with van der Waals surface area (Å²) in [5, 5.41) is 4.32. The van der Waals surface area contributed by atoms with Crippen LogP contribution in [0.15, 0.2) is 30.5 Å². The summed E-state index contributed by atoms with van der Waals surface area (Å²) in [5.74, 6) is 0.772. The predicted octanol–water partition coefficient (Wildman–Crippen LogP) is 2.57. The lowest BCUT2D eigenvalue weighted by Gasteiger charge is -2.31. The second-order valence-electron chi connectivity index (χ2n) is 6.64. The summed E-state index contributed by atoms with van der Waals surface area (Å²) in [5.41, 5.74) is 2.30. The fourth-order valence-corrected chi connectivity index (χ4v) is 3.57. The van der Waals surface area contributed by atoms with Crippen LogP contribution in [0.1, 0.15) is 25.3 Å². The molecule has 1 aromatic heterocycles. The van der Waals surface area contributed by atoms with Crippen LogP contribution in [0.2, 0.25) is 0 Å². The zero-order valence-corrected chi connectivity index (χ0v) is 14.2. The quantitative estimate of drug-likeness (QED) is 0.921. The van der Waals surface area contributed by atoms with Crippen LogP contribution in [0, 0.1) is 5.92 Å². The molecule has 23 heavy (non-hydrogen) atoms. The van der Waals surface area contributed by atoms with Gasteiger partial charge in [-0.3, -0.25) is 4.79 Å². The molecule has 4 heteroatoms. The summed E-state index contributed by atoms with van der Waals surface area (Å²) in [6, 6.07) is 8.26. The largest absolute Gasteiger partial charge is 0.356 e. The Morgan fingerprint density at radius 3 is 2.74 bits per heavy atom. The second kappa shape index (κ2) is 7.18. The van der Waals surface area contributed by atoms with Crippen LogP contribution in [0.5, 0.6) is 0 Å². The van der Waals surface area contributed by atoms with Gasteiger partial charge in [-0.25, -0.2) is 0 Å². The minimum absolute atomic E-state index is 0.138. The monoisotopic (exact) mass is 313 g/mol. The van der Waals surface area contributed by atoms with Crippen LogP contribution < -0.4 is 5.32 Å². The first-order chi connectivity index (χ1) is 11.2. The number of aromatic nitrogens is 1. The molecule has 4 nitrogen and oxygen atoms in total. The molecule has 0 radical (unpaired) electrons. The average Bonchev–Trinajstić information content (AvgIpc) is 2.90. The molecule has 1 aliphatic rings. The van der Waals surface area contributed by atoms with Gasteiger partial charge in [0.1, 0.15) is 0 Å². The van der Waals surface area contributed by atoms with Crippen molar-refractivity contribution in [3.8, 4) is 0 Å². The molecule has 0 bridgehead atoms. The van der Waals surface area contributed by atoms with Crippen molar-refractivity contribution in [2.45, 2.75) is 26.2 Å². The van der Waals surface area contributed by atoms with Gasteiger partial charge in [0, 0.05) is 30.7 Å². The van der Waals surface area contributed by atoms with Crippen molar-refractivity contribution in [2.75, 3.05) is 26.2 Å². The summed E-state index contributed by atoms with van der Waals surface area (Å²) < 4.78 is 2.10. The first-order valence-electron chi connectivity index (χ1n) is 8.69. The van der Waals surface area contributed by atoms with E-state index in [0.717, 1.165) is 18.7 Å². The molecule has 1 amide bonds. The average molecular weight is 313 g/mol. The molecule has 1 aromatic carbocycles. The Morgan fingerprint density at radius 1 is 1.26 bits per heavy atom. The first kappa shape index (κ1) is 16.1. The lowest BCUT2D eigenvalue weighted by molar-refractivity contribution is -0.120. The number of hydrogen-bond donors (Lipinski definition) is 1. The van der Waals surface area contributed by atoms with Crippen LogP contribution in [0.25, 0.3) is 10.9 Å². The zero-order chi connectivity index (χ0) is 16.2. The standard InChI is InChI=1S/C19H27N3O/c1-3-22-10-8-15(9-11-22)13-20-19(23)12-16-14-21(2)18-7-5-4-6-17(16)18/h4-7,14-15H,3,8-13H2,1-2H3,(H,20,23). The molecular formula is C19H27N3O. The van der Waals surface area contributed by atoms with Gasteiger partial charge in [0.2, 0.25) is 5.91 Å². The number of aryl methyl sites for hydroxylation is 1. The van der Waals surface area contributed by atoms with E-state index in [2.05, 4.69) is 40.0 Å². The van der Waals surface area contributed by atoms with Crippen LogP contribution >= 0.6 is 0 Å². The molecule has 0 atom stereocenters. The van der Waals surface area contributed by atoms with E-state index in [4.69, 9.17) is 0 Å². The maximum atomic E-state index is 12.3. The highest BCUT2D eigenvalue weighted by Crippen LogP contribution is 2.21. The molecule has 1 fully saturated rings. The topological polar surface area (TPSA) is 37.3 Å². The zero-order valence-electron chi connectivity index (χ0n) is 14.2. The van der Waals surface area contributed by atoms with Gasteiger partial charge in [-0.05, 0) is 50.0 Å². The van der Waals surface area contributed by atoms with Crippen molar-refractivity contribution in [3.05, 3.63) is 36.0 Å². The highest BCUT2D eigenvalue weighted by molar-refractivity contribution is 5.89. The van der Waals surface area contributed by atoms with Gasteiger partial charge < -0.3 is 14.8 Å². The Kier molecular flexibility index (Phi) is 5.01. The Morgan fingerprint density at radius 2 is 2.00 bits per heavy atom. The van der Waals surface area contributed by atoms with Crippen LogP contribution in [0.4, 0.5) is 0 Å². The first-order valence-corrected chi connectivity index (χ1v) is 8.69. The van der Waals surface area contributed by atoms with Gasteiger partial charge in [0.25, 0.3) is 0 Å². The van der Waals surface area contributed by atoms with Gasteiger partial charge in [-0.2, -0.15) is 0 Å². The molecule has 0 saturated carbocycles. The number of carbonyl (C=O) groups is 1. The maximum absolute atomic E-state index is 12.3. The summed E-state index contributed by atoms with van der Waals surface area (Å²) >= 11 is 0. The number of benzene rings is 1. The van der Waals surface area contributed by atoms with Crippen LogP contribution in [-0.4, -0.2) is 41.6 Å². The summed E-state index contributed by atoms with van der Waals surface area (Å²) in [6.45, 7) is 6.51. The van der Waals surface area contributed by atoms with E-state index in [-0.39, 0.29) is 5.91 Å². The van der Waals surface area contributed by atoms with E-state index in [1.807, 2.05) is 19.2 Å². The van der Waals surface area contributed by atoms with Gasteiger partial charge >= 0.3 is 0 Å². The number of nitrogens with one attached hydrogen (secondary N) is 1. The molecule has 1 aliphatic heterocycles. The van der Waals surface area contributed by atoms with Crippen LogP contribution in [-0.2, 0) is 18.3 Å².